The minimum atomic E-state index is -1.26. The fourth-order valence-corrected chi connectivity index (χ4v) is 2.47. The first-order valence-electron chi connectivity index (χ1n) is 7.67. The molecule has 2 aromatic heterocycles. The number of benzene rings is 1. The highest BCUT2D eigenvalue weighted by atomic mass is 16.4. The summed E-state index contributed by atoms with van der Waals surface area (Å²) in [6.07, 6.45) is 3.21. The van der Waals surface area contributed by atoms with Gasteiger partial charge in [-0.15, -0.1) is 0 Å². The molecule has 0 aliphatic heterocycles. The van der Waals surface area contributed by atoms with Gasteiger partial charge in [0.1, 0.15) is 11.4 Å². The second kappa shape index (κ2) is 6.72. The van der Waals surface area contributed by atoms with Crippen molar-refractivity contribution in [2.24, 2.45) is 0 Å². The molecule has 124 valence electrons. The van der Waals surface area contributed by atoms with Gasteiger partial charge in [-0.05, 0) is 30.7 Å². The van der Waals surface area contributed by atoms with Gasteiger partial charge in [0, 0.05) is 18.1 Å². The van der Waals surface area contributed by atoms with Crippen molar-refractivity contribution < 1.29 is 14.3 Å². The summed E-state index contributed by atoms with van der Waals surface area (Å²) in [7, 11) is 0. The van der Waals surface area contributed by atoms with Crippen LogP contribution in [0.4, 0.5) is 4.79 Å². The number of aliphatic hydroxyl groups is 1. The van der Waals surface area contributed by atoms with E-state index in [-0.39, 0.29) is 12.6 Å². The zero-order valence-corrected chi connectivity index (χ0v) is 13.3. The molecule has 2 amide bonds. The van der Waals surface area contributed by atoms with Gasteiger partial charge in [0.25, 0.3) is 0 Å². The Kier molecular flexibility index (Phi) is 4.48. The van der Waals surface area contributed by atoms with E-state index in [0.29, 0.717) is 12.3 Å². The number of pyridine rings is 1. The van der Waals surface area contributed by atoms with Crippen molar-refractivity contribution in [1.82, 2.24) is 15.6 Å². The fourth-order valence-electron chi connectivity index (χ4n) is 2.47. The number of para-hydroxylation sites is 1. The van der Waals surface area contributed by atoms with Crippen molar-refractivity contribution in [2.75, 3.05) is 6.54 Å². The standard InChI is InChI=1S/C18H19N3O3/c1-18(23,15-8-4-10-24-15)12-21-17(22)20-11-14-6-2-5-13-7-3-9-19-16(13)14/h2-10,23H,11-12H2,1H3,(H2,20,21,22)/t18-/m1/s1. The van der Waals surface area contributed by atoms with E-state index in [9.17, 15) is 9.90 Å². The highest BCUT2D eigenvalue weighted by Gasteiger charge is 2.26. The molecule has 6 nitrogen and oxygen atoms in total. The first-order valence-corrected chi connectivity index (χ1v) is 7.67. The summed E-state index contributed by atoms with van der Waals surface area (Å²) in [5.41, 5.74) is 0.533. The number of carbonyl (C=O) groups excluding carboxylic acids is 1. The molecule has 3 rings (SSSR count). The number of aromatic nitrogens is 1. The van der Waals surface area contributed by atoms with Crippen LogP contribution in [-0.4, -0.2) is 22.7 Å². The summed E-state index contributed by atoms with van der Waals surface area (Å²) in [5, 5.41) is 16.8. The Bertz CT molecular complexity index is 823. The van der Waals surface area contributed by atoms with Gasteiger partial charge < -0.3 is 20.2 Å². The molecule has 0 radical (unpaired) electrons. The molecule has 0 aliphatic rings. The number of nitrogens with zero attached hydrogens (tertiary/aromatic N) is 1. The number of hydrogen-bond acceptors (Lipinski definition) is 4. The SMILES string of the molecule is C[C@@](O)(CNC(=O)NCc1cccc2cccnc12)c1ccco1. The molecule has 0 bridgehead atoms. The lowest BCUT2D eigenvalue weighted by Crippen LogP contribution is -2.43. The minimum absolute atomic E-state index is 0.0418. The van der Waals surface area contributed by atoms with Crippen LogP contribution in [0, 0.1) is 0 Å². The first-order chi connectivity index (χ1) is 11.6. The molecular formula is C18H19N3O3. The third-order valence-electron chi connectivity index (χ3n) is 3.80. The van der Waals surface area contributed by atoms with Crippen LogP contribution in [0.3, 0.4) is 0 Å². The van der Waals surface area contributed by atoms with Crippen LogP contribution < -0.4 is 10.6 Å². The Hall–Kier alpha value is -2.86. The number of hydrogen-bond donors (Lipinski definition) is 3. The Morgan fingerprint density at radius 3 is 2.83 bits per heavy atom. The molecular weight excluding hydrogens is 306 g/mol. The molecule has 24 heavy (non-hydrogen) atoms. The Morgan fingerprint density at radius 2 is 2.04 bits per heavy atom. The van der Waals surface area contributed by atoms with Crippen LogP contribution in [0.25, 0.3) is 10.9 Å². The highest BCUT2D eigenvalue weighted by molar-refractivity contribution is 5.82. The monoisotopic (exact) mass is 325 g/mol. The van der Waals surface area contributed by atoms with Crippen molar-refractivity contribution in [3.8, 4) is 0 Å². The molecule has 3 aromatic rings. The zero-order chi connectivity index (χ0) is 17.0. The topological polar surface area (TPSA) is 87.4 Å². The third kappa shape index (κ3) is 3.55. The van der Waals surface area contributed by atoms with Gasteiger partial charge in [0.05, 0.1) is 18.3 Å². The van der Waals surface area contributed by atoms with E-state index in [4.69, 9.17) is 4.42 Å². The summed E-state index contributed by atoms with van der Waals surface area (Å²) in [5.74, 6) is 0.404. The quantitative estimate of drug-likeness (QED) is 0.673. The van der Waals surface area contributed by atoms with Crippen LogP contribution >= 0.6 is 0 Å². The van der Waals surface area contributed by atoms with E-state index in [1.165, 1.54) is 6.26 Å². The fraction of sp³-hybridized carbons (Fsp3) is 0.222. The highest BCUT2D eigenvalue weighted by Crippen LogP contribution is 2.19. The Morgan fingerprint density at radius 1 is 1.21 bits per heavy atom. The molecule has 0 saturated carbocycles. The van der Waals surface area contributed by atoms with Crippen molar-refractivity contribution in [2.45, 2.75) is 19.1 Å². The summed E-state index contributed by atoms with van der Waals surface area (Å²) in [4.78, 5) is 16.3. The second-order valence-electron chi connectivity index (χ2n) is 5.78. The van der Waals surface area contributed by atoms with Gasteiger partial charge in [0.2, 0.25) is 0 Å². The van der Waals surface area contributed by atoms with Crippen molar-refractivity contribution in [1.29, 1.82) is 0 Å². The molecule has 1 aromatic carbocycles. The van der Waals surface area contributed by atoms with E-state index in [2.05, 4.69) is 15.6 Å². The largest absolute Gasteiger partial charge is 0.466 e. The van der Waals surface area contributed by atoms with E-state index < -0.39 is 5.60 Å². The summed E-state index contributed by atoms with van der Waals surface area (Å²) >= 11 is 0. The average Bonchev–Trinajstić information content (AvgIpc) is 3.14. The lowest BCUT2D eigenvalue weighted by molar-refractivity contribution is 0.0367. The summed E-state index contributed by atoms with van der Waals surface area (Å²) in [6, 6.07) is 12.7. The Balaban J connectivity index is 1.58. The van der Waals surface area contributed by atoms with Crippen molar-refractivity contribution in [3.05, 3.63) is 66.2 Å². The van der Waals surface area contributed by atoms with Gasteiger partial charge in [-0.25, -0.2) is 4.79 Å². The third-order valence-corrected chi connectivity index (χ3v) is 3.80. The van der Waals surface area contributed by atoms with Crippen LogP contribution in [0.5, 0.6) is 0 Å². The molecule has 0 saturated heterocycles. The van der Waals surface area contributed by atoms with E-state index >= 15 is 0 Å². The predicted octanol–water partition coefficient (Wildman–Crippen LogP) is 2.53. The molecule has 1 atom stereocenters. The molecule has 0 spiro atoms. The Labute approximate surface area is 139 Å². The molecule has 0 unspecified atom stereocenters. The number of rotatable bonds is 5. The van der Waals surface area contributed by atoms with Crippen molar-refractivity contribution in [3.63, 3.8) is 0 Å². The summed E-state index contributed by atoms with van der Waals surface area (Å²) < 4.78 is 5.18. The smallest absolute Gasteiger partial charge is 0.315 e. The van der Waals surface area contributed by atoms with Crippen LogP contribution in [0.2, 0.25) is 0 Å². The lowest BCUT2D eigenvalue weighted by atomic mass is 10.0. The van der Waals surface area contributed by atoms with Gasteiger partial charge in [-0.1, -0.05) is 24.3 Å². The average molecular weight is 325 g/mol. The molecule has 0 aliphatic carbocycles. The molecule has 3 N–H and O–H groups in total. The minimum Gasteiger partial charge on any atom is -0.466 e. The number of carbonyl (C=O) groups is 1. The van der Waals surface area contributed by atoms with Crippen LogP contribution in [0.15, 0.2) is 59.3 Å². The second-order valence-corrected chi connectivity index (χ2v) is 5.78. The van der Waals surface area contributed by atoms with Gasteiger partial charge in [-0.3, -0.25) is 4.98 Å². The zero-order valence-electron chi connectivity index (χ0n) is 13.3. The number of furan rings is 1. The van der Waals surface area contributed by atoms with Crippen molar-refractivity contribution >= 4 is 16.9 Å². The predicted molar refractivity (Wildman–Crippen MR) is 90.3 cm³/mol. The normalized spacial score (nSPS) is 13.4. The first kappa shape index (κ1) is 16.0. The number of nitrogens with one attached hydrogen (secondary N) is 2. The van der Waals surface area contributed by atoms with Gasteiger partial charge in [0.15, 0.2) is 0 Å². The molecule has 2 heterocycles. The van der Waals surface area contributed by atoms with Gasteiger partial charge in [-0.2, -0.15) is 0 Å². The van der Waals surface area contributed by atoms with E-state index in [1.54, 1.807) is 25.3 Å². The summed E-state index contributed by atoms with van der Waals surface area (Å²) in [6.45, 7) is 1.98. The van der Waals surface area contributed by atoms with Crippen LogP contribution in [0.1, 0.15) is 18.2 Å². The lowest BCUT2D eigenvalue weighted by Gasteiger charge is -2.21. The van der Waals surface area contributed by atoms with E-state index in [1.807, 2.05) is 30.3 Å². The van der Waals surface area contributed by atoms with Gasteiger partial charge >= 0.3 is 6.03 Å². The number of fused-ring (bicyclic) bond motifs is 1. The maximum Gasteiger partial charge on any atom is 0.315 e. The number of amides is 2. The maximum absolute atomic E-state index is 12.0. The van der Waals surface area contributed by atoms with E-state index in [0.717, 1.165) is 16.5 Å². The molecule has 6 heteroatoms. The number of urea groups is 1. The maximum atomic E-state index is 12.0. The van der Waals surface area contributed by atoms with Crippen LogP contribution in [-0.2, 0) is 12.1 Å². The molecule has 0 fully saturated rings.